The Bertz CT molecular complexity index is 785. The molecule has 0 saturated carbocycles. The van der Waals surface area contributed by atoms with Gasteiger partial charge in [-0.25, -0.2) is 0 Å². The average molecular weight is 383 g/mol. The van der Waals surface area contributed by atoms with Gasteiger partial charge in [0.15, 0.2) is 0 Å². The highest BCUT2D eigenvalue weighted by molar-refractivity contribution is 6.39. The highest BCUT2D eigenvalue weighted by Gasteiger charge is 2.19. The largest absolute Gasteiger partial charge is 0.497 e. The Morgan fingerprint density at radius 1 is 0.893 bits per heavy atom. The maximum Gasteiger partial charge on any atom is 0.313 e. The number of methoxy groups -OCH3 is 1. The Hall–Kier alpha value is -2.82. The van der Waals surface area contributed by atoms with Gasteiger partial charge in [0.05, 0.1) is 7.11 Å². The van der Waals surface area contributed by atoms with Crippen molar-refractivity contribution in [2.24, 2.45) is 0 Å². The second kappa shape index (κ2) is 9.93. The first-order chi connectivity index (χ1) is 13.3. The van der Waals surface area contributed by atoms with E-state index < -0.39 is 11.8 Å². The molecule has 0 saturated heterocycles. The van der Waals surface area contributed by atoms with Gasteiger partial charge in [-0.15, -0.1) is 0 Å². The maximum atomic E-state index is 12.4. The standard InChI is InChI=1S/C23H30N2O3/c1-15(2)19-7-6-8-20(16(3)4)21(19)25-23(27)22(26)24-14-13-17-9-11-18(28-5)12-10-17/h6-12,15-16H,13-14H2,1-5H3,(H,24,26)(H,25,27). The Balaban J connectivity index is 1.99. The van der Waals surface area contributed by atoms with Gasteiger partial charge in [0.1, 0.15) is 5.75 Å². The molecule has 28 heavy (non-hydrogen) atoms. The van der Waals surface area contributed by atoms with Crippen molar-refractivity contribution in [3.63, 3.8) is 0 Å². The van der Waals surface area contributed by atoms with Gasteiger partial charge in [0.25, 0.3) is 0 Å². The van der Waals surface area contributed by atoms with E-state index in [0.717, 1.165) is 28.1 Å². The molecule has 5 heteroatoms. The number of amides is 2. The highest BCUT2D eigenvalue weighted by Crippen LogP contribution is 2.32. The van der Waals surface area contributed by atoms with Crippen LogP contribution in [0.15, 0.2) is 42.5 Å². The van der Waals surface area contributed by atoms with E-state index in [9.17, 15) is 9.59 Å². The van der Waals surface area contributed by atoms with Crippen LogP contribution < -0.4 is 15.4 Å². The number of hydrogen-bond acceptors (Lipinski definition) is 3. The lowest BCUT2D eigenvalue weighted by atomic mass is 9.92. The van der Waals surface area contributed by atoms with Gasteiger partial charge >= 0.3 is 11.8 Å². The van der Waals surface area contributed by atoms with Gasteiger partial charge < -0.3 is 15.4 Å². The molecule has 0 spiro atoms. The topological polar surface area (TPSA) is 67.4 Å². The number of ether oxygens (including phenoxy) is 1. The minimum Gasteiger partial charge on any atom is -0.497 e. The van der Waals surface area contributed by atoms with Gasteiger partial charge in [-0.3, -0.25) is 9.59 Å². The summed E-state index contributed by atoms with van der Waals surface area (Å²) in [4.78, 5) is 24.7. The molecule has 150 valence electrons. The molecule has 0 heterocycles. The zero-order valence-electron chi connectivity index (χ0n) is 17.3. The van der Waals surface area contributed by atoms with Crippen LogP contribution in [0.2, 0.25) is 0 Å². The van der Waals surface area contributed by atoms with Gasteiger partial charge in [-0.2, -0.15) is 0 Å². The first-order valence-electron chi connectivity index (χ1n) is 9.68. The summed E-state index contributed by atoms with van der Waals surface area (Å²) in [7, 11) is 1.62. The van der Waals surface area contributed by atoms with Crippen LogP contribution in [0.1, 0.15) is 56.2 Å². The minimum atomic E-state index is -0.635. The normalized spacial score (nSPS) is 10.8. The van der Waals surface area contributed by atoms with Crippen molar-refractivity contribution in [3.8, 4) is 5.75 Å². The quantitative estimate of drug-likeness (QED) is 0.704. The highest BCUT2D eigenvalue weighted by atomic mass is 16.5. The van der Waals surface area contributed by atoms with Crippen molar-refractivity contribution in [2.75, 3.05) is 19.0 Å². The minimum absolute atomic E-state index is 0.243. The lowest BCUT2D eigenvalue weighted by molar-refractivity contribution is -0.136. The molecule has 5 nitrogen and oxygen atoms in total. The number of anilines is 1. The van der Waals surface area contributed by atoms with Crippen LogP contribution in [0.3, 0.4) is 0 Å². The van der Waals surface area contributed by atoms with E-state index in [4.69, 9.17) is 4.74 Å². The van der Waals surface area contributed by atoms with Crippen LogP contribution in [-0.4, -0.2) is 25.5 Å². The van der Waals surface area contributed by atoms with Crippen LogP contribution in [0.4, 0.5) is 5.69 Å². The number of carbonyl (C=O) groups is 2. The molecule has 0 atom stereocenters. The van der Waals surface area contributed by atoms with E-state index >= 15 is 0 Å². The number of hydrogen-bond donors (Lipinski definition) is 2. The molecular weight excluding hydrogens is 352 g/mol. The third kappa shape index (κ3) is 5.59. The van der Waals surface area contributed by atoms with Gasteiger partial charge in [-0.1, -0.05) is 58.0 Å². The monoisotopic (exact) mass is 382 g/mol. The fourth-order valence-electron chi connectivity index (χ4n) is 3.06. The van der Waals surface area contributed by atoms with Gasteiger partial charge in [0, 0.05) is 12.2 Å². The molecule has 2 aromatic carbocycles. The molecule has 2 rings (SSSR count). The summed E-state index contributed by atoms with van der Waals surface area (Å²) in [6.07, 6.45) is 0.642. The SMILES string of the molecule is COc1ccc(CCNC(=O)C(=O)Nc2c(C(C)C)cccc2C(C)C)cc1. The predicted octanol–water partition coefficient (Wildman–Crippen LogP) is 4.24. The van der Waals surface area contributed by atoms with Crippen molar-refractivity contribution in [3.05, 3.63) is 59.2 Å². The number of rotatable bonds is 7. The Labute approximate surface area is 167 Å². The zero-order chi connectivity index (χ0) is 20.7. The van der Waals surface area contributed by atoms with Crippen molar-refractivity contribution in [1.82, 2.24) is 5.32 Å². The summed E-state index contributed by atoms with van der Waals surface area (Å²) in [5.41, 5.74) is 3.88. The molecule has 2 N–H and O–H groups in total. The number of nitrogens with one attached hydrogen (secondary N) is 2. The smallest absolute Gasteiger partial charge is 0.313 e. The first-order valence-corrected chi connectivity index (χ1v) is 9.68. The summed E-state index contributed by atoms with van der Waals surface area (Å²) < 4.78 is 5.13. The molecule has 0 unspecified atom stereocenters. The molecule has 0 aliphatic rings. The second-order valence-electron chi connectivity index (χ2n) is 7.43. The number of benzene rings is 2. The third-order valence-electron chi connectivity index (χ3n) is 4.68. The predicted molar refractivity (Wildman–Crippen MR) is 113 cm³/mol. The van der Waals surface area contributed by atoms with E-state index in [1.165, 1.54) is 0 Å². The lowest BCUT2D eigenvalue weighted by Crippen LogP contribution is -2.37. The summed E-state index contributed by atoms with van der Waals surface area (Å²) in [5.74, 6) is 0.0164. The van der Waals surface area contributed by atoms with Crippen molar-refractivity contribution in [1.29, 1.82) is 0 Å². The molecule has 0 aromatic heterocycles. The van der Waals surface area contributed by atoms with Gasteiger partial charge in [-0.05, 0) is 47.1 Å². The number of para-hydroxylation sites is 1. The van der Waals surface area contributed by atoms with Crippen molar-refractivity contribution >= 4 is 17.5 Å². The summed E-state index contributed by atoms with van der Waals surface area (Å²) in [5, 5.41) is 5.53. The fourth-order valence-corrected chi connectivity index (χ4v) is 3.06. The van der Waals surface area contributed by atoms with Crippen LogP contribution in [-0.2, 0) is 16.0 Å². The Kier molecular flexibility index (Phi) is 7.61. The number of carbonyl (C=O) groups excluding carboxylic acids is 2. The summed E-state index contributed by atoms with van der Waals surface area (Å²) >= 11 is 0. The van der Waals surface area contributed by atoms with Gasteiger partial charge in [0.2, 0.25) is 0 Å². The molecule has 2 amide bonds. The summed E-state index contributed by atoms with van der Waals surface area (Å²) in [6.45, 7) is 8.68. The Morgan fingerprint density at radius 3 is 1.96 bits per heavy atom. The molecule has 0 aliphatic heterocycles. The van der Waals surface area contributed by atoms with E-state index in [-0.39, 0.29) is 11.8 Å². The molecule has 2 aromatic rings. The molecule has 0 bridgehead atoms. The van der Waals surface area contributed by atoms with E-state index in [1.54, 1.807) is 7.11 Å². The van der Waals surface area contributed by atoms with Crippen LogP contribution in [0, 0.1) is 0 Å². The summed E-state index contributed by atoms with van der Waals surface area (Å²) in [6, 6.07) is 13.6. The second-order valence-corrected chi connectivity index (χ2v) is 7.43. The fraction of sp³-hybridized carbons (Fsp3) is 0.391. The first kappa shape index (κ1) is 21.5. The van der Waals surface area contributed by atoms with Crippen molar-refractivity contribution in [2.45, 2.75) is 46.0 Å². The third-order valence-corrected chi connectivity index (χ3v) is 4.68. The zero-order valence-corrected chi connectivity index (χ0v) is 17.3. The lowest BCUT2D eigenvalue weighted by Gasteiger charge is -2.20. The van der Waals surface area contributed by atoms with E-state index in [2.05, 4.69) is 38.3 Å². The van der Waals surface area contributed by atoms with Crippen molar-refractivity contribution < 1.29 is 14.3 Å². The molecule has 0 aliphatic carbocycles. The van der Waals surface area contributed by atoms with Crippen LogP contribution in [0.5, 0.6) is 5.75 Å². The van der Waals surface area contributed by atoms with Crippen LogP contribution in [0.25, 0.3) is 0 Å². The average Bonchev–Trinajstić information content (AvgIpc) is 2.68. The molecule has 0 radical (unpaired) electrons. The van der Waals surface area contributed by atoms with E-state index in [1.807, 2.05) is 42.5 Å². The van der Waals surface area contributed by atoms with E-state index in [0.29, 0.717) is 13.0 Å². The van der Waals surface area contributed by atoms with Crippen LogP contribution >= 0.6 is 0 Å². The maximum absolute atomic E-state index is 12.4. The molecule has 0 fully saturated rings. The molecular formula is C23H30N2O3. The Morgan fingerprint density at radius 2 is 1.46 bits per heavy atom.